The van der Waals surface area contributed by atoms with Gasteiger partial charge in [0.05, 0.1) is 17.0 Å². The Morgan fingerprint density at radius 2 is 1.58 bits per heavy atom. The maximum atomic E-state index is 13.3. The van der Waals surface area contributed by atoms with Gasteiger partial charge in [0.15, 0.2) is 0 Å². The van der Waals surface area contributed by atoms with Crippen molar-refractivity contribution >= 4 is 11.9 Å². The standard InChI is InChI=1S/C14H10F3N7/c15-14(16,17)9-6-20-3-1-7(9)11-8(5-22-13(19)24-11)10-2-4-21-12(18)23-10/h1-6H,(H2,18,21,23)(H2,19,22,24). The lowest BCUT2D eigenvalue weighted by molar-refractivity contribution is -0.137. The number of rotatable bonds is 2. The van der Waals surface area contributed by atoms with Gasteiger partial charge in [0, 0.05) is 35.9 Å². The van der Waals surface area contributed by atoms with E-state index < -0.39 is 11.7 Å². The molecule has 3 aromatic heterocycles. The van der Waals surface area contributed by atoms with Gasteiger partial charge in [0.25, 0.3) is 0 Å². The van der Waals surface area contributed by atoms with Crippen LogP contribution in [-0.2, 0) is 6.18 Å². The lowest BCUT2D eigenvalue weighted by atomic mass is 10.0. The smallest absolute Gasteiger partial charge is 0.368 e. The van der Waals surface area contributed by atoms with Gasteiger partial charge in [-0.15, -0.1) is 0 Å². The molecule has 0 atom stereocenters. The molecule has 0 saturated heterocycles. The summed E-state index contributed by atoms with van der Waals surface area (Å²) in [5.74, 6) is -0.193. The van der Waals surface area contributed by atoms with Crippen LogP contribution in [-0.4, -0.2) is 24.9 Å². The Kier molecular flexibility index (Phi) is 3.72. The molecule has 7 nitrogen and oxygen atoms in total. The predicted molar refractivity (Wildman–Crippen MR) is 80.1 cm³/mol. The van der Waals surface area contributed by atoms with E-state index in [2.05, 4.69) is 24.9 Å². The van der Waals surface area contributed by atoms with E-state index in [1.807, 2.05) is 0 Å². The summed E-state index contributed by atoms with van der Waals surface area (Å²) in [5, 5.41) is 0. The fraction of sp³-hybridized carbons (Fsp3) is 0.0714. The van der Waals surface area contributed by atoms with Crippen molar-refractivity contribution in [2.75, 3.05) is 11.5 Å². The minimum atomic E-state index is -4.61. The maximum Gasteiger partial charge on any atom is 0.418 e. The summed E-state index contributed by atoms with van der Waals surface area (Å²) in [6.45, 7) is 0. The van der Waals surface area contributed by atoms with E-state index in [4.69, 9.17) is 11.5 Å². The second kappa shape index (κ2) is 5.72. The van der Waals surface area contributed by atoms with Crippen LogP contribution in [0.15, 0.2) is 36.9 Å². The monoisotopic (exact) mass is 333 g/mol. The first-order valence-corrected chi connectivity index (χ1v) is 6.59. The van der Waals surface area contributed by atoms with Crippen molar-refractivity contribution in [2.45, 2.75) is 6.18 Å². The van der Waals surface area contributed by atoms with Gasteiger partial charge in [-0.2, -0.15) is 13.2 Å². The largest absolute Gasteiger partial charge is 0.418 e. The Morgan fingerprint density at radius 1 is 0.833 bits per heavy atom. The Morgan fingerprint density at radius 3 is 2.29 bits per heavy atom. The van der Waals surface area contributed by atoms with Crippen LogP contribution < -0.4 is 11.5 Å². The average Bonchev–Trinajstić information content (AvgIpc) is 2.54. The highest BCUT2D eigenvalue weighted by Gasteiger charge is 2.35. The van der Waals surface area contributed by atoms with Crippen LogP contribution in [0.25, 0.3) is 22.5 Å². The van der Waals surface area contributed by atoms with Crippen molar-refractivity contribution in [2.24, 2.45) is 0 Å². The van der Waals surface area contributed by atoms with Crippen LogP contribution in [0.4, 0.5) is 25.1 Å². The molecule has 3 rings (SSSR count). The molecule has 3 heterocycles. The van der Waals surface area contributed by atoms with Crippen molar-refractivity contribution < 1.29 is 13.2 Å². The third kappa shape index (κ3) is 2.93. The number of halogens is 3. The number of hydrogen-bond donors (Lipinski definition) is 2. The zero-order valence-corrected chi connectivity index (χ0v) is 12.0. The highest BCUT2D eigenvalue weighted by Crippen LogP contribution is 2.38. The molecule has 0 unspecified atom stereocenters. The Labute approximate surface area is 133 Å². The number of aromatic nitrogens is 5. The average molecular weight is 333 g/mol. The van der Waals surface area contributed by atoms with Crippen LogP contribution in [0.1, 0.15) is 5.56 Å². The summed E-state index contributed by atoms with van der Waals surface area (Å²) in [6, 6.07) is 2.70. The lowest BCUT2D eigenvalue weighted by Gasteiger charge is -2.14. The normalized spacial score (nSPS) is 11.5. The van der Waals surface area contributed by atoms with Crippen molar-refractivity contribution in [3.8, 4) is 22.5 Å². The molecule has 0 saturated carbocycles. The third-order valence-electron chi connectivity index (χ3n) is 3.14. The van der Waals surface area contributed by atoms with Gasteiger partial charge in [-0.05, 0) is 12.1 Å². The van der Waals surface area contributed by atoms with E-state index in [0.717, 1.165) is 6.20 Å². The second-order valence-corrected chi connectivity index (χ2v) is 4.71. The number of anilines is 2. The second-order valence-electron chi connectivity index (χ2n) is 4.71. The summed E-state index contributed by atoms with van der Waals surface area (Å²) in [6.07, 6.45) is 0.0348. The van der Waals surface area contributed by atoms with Crippen LogP contribution in [0.5, 0.6) is 0 Å². The molecule has 0 aliphatic rings. The fourth-order valence-corrected chi connectivity index (χ4v) is 2.14. The number of nitrogen functional groups attached to an aromatic ring is 2. The van der Waals surface area contributed by atoms with Crippen molar-refractivity contribution in [1.82, 2.24) is 24.9 Å². The molecule has 24 heavy (non-hydrogen) atoms. The number of nitrogens with zero attached hydrogens (tertiary/aromatic N) is 5. The first-order chi connectivity index (χ1) is 11.4. The summed E-state index contributed by atoms with van der Waals surface area (Å²) in [7, 11) is 0. The van der Waals surface area contributed by atoms with Gasteiger partial charge in [-0.3, -0.25) is 4.98 Å². The molecule has 10 heteroatoms. The molecule has 0 fully saturated rings. The molecule has 0 aliphatic heterocycles. The first kappa shape index (κ1) is 15.6. The molecule has 0 bridgehead atoms. The topological polar surface area (TPSA) is 116 Å². The highest BCUT2D eigenvalue weighted by molar-refractivity contribution is 5.80. The first-order valence-electron chi connectivity index (χ1n) is 6.59. The molecular weight excluding hydrogens is 323 g/mol. The minimum absolute atomic E-state index is 0.0182. The number of nitrogens with two attached hydrogens (primary N) is 2. The number of alkyl halides is 3. The van der Waals surface area contributed by atoms with Crippen molar-refractivity contribution in [3.63, 3.8) is 0 Å². The van der Waals surface area contributed by atoms with E-state index in [9.17, 15) is 13.2 Å². The maximum absolute atomic E-state index is 13.3. The fourth-order valence-electron chi connectivity index (χ4n) is 2.14. The number of hydrogen-bond acceptors (Lipinski definition) is 7. The molecule has 3 aromatic rings. The van der Waals surface area contributed by atoms with Gasteiger partial charge in [-0.1, -0.05) is 0 Å². The zero-order valence-electron chi connectivity index (χ0n) is 12.0. The SMILES string of the molecule is Nc1nccc(-c2cnc(N)nc2-c2ccncc2C(F)(F)F)n1. The molecule has 0 radical (unpaired) electrons. The van der Waals surface area contributed by atoms with Crippen LogP contribution >= 0.6 is 0 Å². The quantitative estimate of drug-likeness (QED) is 0.738. The van der Waals surface area contributed by atoms with Gasteiger partial charge >= 0.3 is 6.18 Å². The van der Waals surface area contributed by atoms with Gasteiger partial charge in [-0.25, -0.2) is 19.9 Å². The minimum Gasteiger partial charge on any atom is -0.368 e. The molecule has 0 amide bonds. The zero-order chi connectivity index (χ0) is 17.3. The third-order valence-corrected chi connectivity index (χ3v) is 3.14. The molecular formula is C14H10F3N7. The summed E-state index contributed by atoms with van der Waals surface area (Å²) >= 11 is 0. The molecule has 122 valence electrons. The van der Waals surface area contributed by atoms with Gasteiger partial charge < -0.3 is 11.5 Å². The Balaban J connectivity index is 2.28. The molecule has 0 aromatic carbocycles. The van der Waals surface area contributed by atoms with Crippen LogP contribution in [0, 0.1) is 0 Å². The Bertz CT molecular complexity index is 896. The number of pyridine rings is 1. The van der Waals surface area contributed by atoms with E-state index in [0.29, 0.717) is 0 Å². The highest BCUT2D eigenvalue weighted by atomic mass is 19.4. The van der Waals surface area contributed by atoms with Crippen molar-refractivity contribution in [1.29, 1.82) is 0 Å². The molecule has 0 aliphatic carbocycles. The predicted octanol–water partition coefficient (Wildman–Crippen LogP) is 2.18. The summed E-state index contributed by atoms with van der Waals surface area (Å²) in [5.41, 5.74) is 10.5. The van der Waals surface area contributed by atoms with Crippen molar-refractivity contribution in [3.05, 3.63) is 42.5 Å². The van der Waals surface area contributed by atoms with E-state index >= 15 is 0 Å². The van der Waals surface area contributed by atoms with E-state index in [-0.39, 0.29) is 34.4 Å². The summed E-state index contributed by atoms with van der Waals surface area (Å²) < 4.78 is 39.8. The van der Waals surface area contributed by atoms with Gasteiger partial charge in [0.2, 0.25) is 11.9 Å². The Hall–Kier alpha value is -3.30. The van der Waals surface area contributed by atoms with E-state index in [1.165, 1.54) is 30.7 Å². The van der Waals surface area contributed by atoms with Crippen LogP contribution in [0.2, 0.25) is 0 Å². The molecule has 0 spiro atoms. The summed E-state index contributed by atoms with van der Waals surface area (Å²) in [4.78, 5) is 19.1. The lowest BCUT2D eigenvalue weighted by Crippen LogP contribution is -2.09. The van der Waals surface area contributed by atoms with Gasteiger partial charge in [0.1, 0.15) is 0 Å². The van der Waals surface area contributed by atoms with E-state index in [1.54, 1.807) is 0 Å². The van der Waals surface area contributed by atoms with Crippen LogP contribution in [0.3, 0.4) is 0 Å². The molecule has 4 N–H and O–H groups in total.